The summed E-state index contributed by atoms with van der Waals surface area (Å²) in [4.78, 5) is 25.0. The van der Waals surface area contributed by atoms with Crippen LogP contribution in [-0.2, 0) is 9.59 Å². The fraction of sp³-hybridized carbons (Fsp3) is 0.833. The van der Waals surface area contributed by atoms with Crippen molar-refractivity contribution in [3.05, 3.63) is 0 Å². The maximum absolute atomic E-state index is 11.9. The summed E-state index contributed by atoms with van der Waals surface area (Å²) in [5, 5.41) is 2.64. The van der Waals surface area contributed by atoms with E-state index in [0.717, 1.165) is 6.54 Å². The van der Waals surface area contributed by atoms with Gasteiger partial charge in [0.15, 0.2) is 0 Å². The van der Waals surface area contributed by atoms with Gasteiger partial charge in [0.2, 0.25) is 11.8 Å². The van der Waals surface area contributed by atoms with Gasteiger partial charge in [-0.25, -0.2) is 0 Å². The minimum atomic E-state index is -0.00882. The molecular weight excluding hydrogens is 236 g/mol. The first-order chi connectivity index (χ1) is 8.15. The molecular formula is C12H20N2O2S. The summed E-state index contributed by atoms with van der Waals surface area (Å²) in [6.45, 7) is 1.55. The number of nitrogens with one attached hydrogen (secondary N) is 1. The van der Waals surface area contributed by atoms with Crippen LogP contribution in [0.1, 0.15) is 32.1 Å². The second-order valence-corrected chi connectivity index (χ2v) is 6.21. The molecule has 1 heterocycles. The van der Waals surface area contributed by atoms with Gasteiger partial charge in [-0.2, -0.15) is 11.8 Å². The van der Waals surface area contributed by atoms with Crippen molar-refractivity contribution in [1.82, 2.24) is 10.2 Å². The van der Waals surface area contributed by atoms with Crippen molar-refractivity contribution in [2.75, 3.05) is 25.9 Å². The summed E-state index contributed by atoms with van der Waals surface area (Å²) in [6.07, 6.45) is 7.49. The molecule has 0 aromatic carbocycles. The highest BCUT2D eigenvalue weighted by molar-refractivity contribution is 8.00. The molecule has 1 aliphatic heterocycles. The van der Waals surface area contributed by atoms with Crippen molar-refractivity contribution in [3.63, 3.8) is 0 Å². The van der Waals surface area contributed by atoms with Crippen LogP contribution in [0.5, 0.6) is 0 Å². The summed E-state index contributed by atoms with van der Waals surface area (Å²) in [5.74, 6) is 0.0571. The van der Waals surface area contributed by atoms with Gasteiger partial charge in [0.25, 0.3) is 0 Å². The van der Waals surface area contributed by atoms with Gasteiger partial charge in [0, 0.05) is 24.3 Å². The quantitative estimate of drug-likeness (QED) is 0.820. The first-order valence-corrected chi connectivity index (χ1v) is 7.47. The first kappa shape index (κ1) is 12.7. The largest absolute Gasteiger partial charge is 0.347 e. The minimum Gasteiger partial charge on any atom is -0.347 e. The van der Waals surface area contributed by atoms with Crippen molar-refractivity contribution in [3.8, 4) is 0 Å². The van der Waals surface area contributed by atoms with Crippen LogP contribution in [0.25, 0.3) is 0 Å². The van der Waals surface area contributed by atoms with Crippen LogP contribution in [0.2, 0.25) is 0 Å². The Bertz CT molecular complexity index is 314. The predicted molar refractivity (Wildman–Crippen MR) is 68.9 cm³/mol. The molecule has 4 nitrogen and oxygen atoms in total. The molecule has 5 heteroatoms. The van der Waals surface area contributed by atoms with Crippen molar-refractivity contribution < 1.29 is 9.59 Å². The van der Waals surface area contributed by atoms with Crippen LogP contribution in [0.4, 0.5) is 0 Å². The number of hydrogen-bond donors (Lipinski definition) is 1. The third-order valence-electron chi connectivity index (χ3n) is 3.83. The van der Waals surface area contributed by atoms with Crippen molar-refractivity contribution in [2.45, 2.75) is 36.9 Å². The predicted octanol–water partition coefficient (Wildman–Crippen LogP) is 1.01. The van der Waals surface area contributed by atoms with Gasteiger partial charge in [-0.1, -0.05) is 12.8 Å². The Morgan fingerprint density at radius 1 is 1.35 bits per heavy atom. The zero-order chi connectivity index (χ0) is 12.3. The molecule has 2 aliphatic rings. The van der Waals surface area contributed by atoms with E-state index in [2.05, 4.69) is 11.6 Å². The maximum Gasteiger partial charge on any atom is 0.242 e. The Hall–Kier alpha value is -0.710. The van der Waals surface area contributed by atoms with E-state index < -0.39 is 0 Å². The van der Waals surface area contributed by atoms with Gasteiger partial charge in [0.05, 0.1) is 6.54 Å². The molecule has 0 aromatic rings. The number of rotatable bonds is 3. The summed E-state index contributed by atoms with van der Waals surface area (Å²) in [7, 11) is 0. The number of thioether (sulfide) groups is 1. The van der Waals surface area contributed by atoms with Gasteiger partial charge < -0.3 is 10.2 Å². The Kier molecular flexibility index (Phi) is 3.97. The normalized spacial score (nSPS) is 24.6. The van der Waals surface area contributed by atoms with Gasteiger partial charge >= 0.3 is 0 Å². The molecule has 1 saturated carbocycles. The summed E-state index contributed by atoms with van der Waals surface area (Å²) in [6, 6.07) is 0. The lowest BCUT2D eigenvalue weighted by Crippen LogP contribution is -2.44. The number of nitrogens with zero attached hydrogens (tertiary/aromatic N) is 1. The number of carbonyl (C=O) groups excluding carboxylic acids is 2. The Morgan fingerprint density at radius 3 is 2.71 bits per heavy atom. The number of amides is 2. The highest BCUT2D eigenvalue weighted by Crippen LogP contribution is 2.40. The lowest BCUT2D eigenvalue weighted by Gasteiger charge is -2.33. The SMILES string of the molecule is CSC1(CN2CCC(=O)NCC2=O)CCCC1. The van der Waals surface area contributed by atoms with Crippen molar-refractivity contribution in [1.29, 1.82) is 0 Å². The monoisotopic (exact) mass is 256 g/mol. The Morgan fingerprint density at radius 2 is 2.06 bits per heavy atom. The van der Waals surface area contributed by atoms with E-state index in [1.165, 1.54) is 25.7 Å². The highest BCUT2D eigenvalue weighted by Gasteiger charge is 2.36. The highest BCUT2D eigenvalue weighted by atomic mass is 32.2. The van der Waals surface area contributed by atoms with Crippen molar-refractivity contribution >= 4 is 23.6 Å². The molecule has 96 valence electrons. The summed E-state index contributed by atoms with van der Waals surface area (Å²) >= 11 is 1.88. The second-order valence-electron chi connectivity index (χ2n) is 4.94. The van der Waals surface area contributed by atoms with E-state index in [1.807, 2.05) is 16.7 Å². The first-order valence-electron chi connectivity index (χ1n) is 6.25. The molecule has 2 fully saturated rings. The molecule has 0 bridgehead atoms. The molecule has 1 aliphatic carbocycles. The van der Waals surface area contributed by atoms with Crippen LogP contribution in [0.3, 0.4) is 0 Å². The summed E-state index contributed by atoms with van der Waals surface area (Å²) in [5.41, 5.74) is 0. The molecule has 2 amide bonds. The van der Waals surface area contributed by atoms with E-state index in [4.69, 9.17) is 0 Å². The van der Waals surface area contributed by atoms with Crippen LogP contribution < -0.4 is 5.32 Å². The smallest absolute Gasteiger partial charge is 0.242 e. The van der Waals surface area contributed by atoms with Crippen LogP contribution in [-0.4, -0.2) is 47.4 Å². The Labute approximate surface area is 106 Å². The van der Waals surface area contributed by atoms with E-state index in [9.17, 15) is 9.59 Å². The average Bonchev–Trinajstić information content (AvgIpc) is 2.74. The molecule has 2 rings (SSSR count). The second kappa shape index (κ2) is 5.29. The Balaban J connectivity index is 2.00. The zero-order valence-electron chi connectivity index (χ0n) is 10.3. The van der Waals surface area contributed by atoms with E-state index in [-0.39, 0.29) is 23.1 Å². The van der Waals surface area contributed by atoms with Crippen LogP contribution in [0, 0.1) is 0 Å². The minimum absolute atomic E-state index is 0.00882. The molecule has 0 radical (unpaired) electrons. The van der Waals surface area contributed by atoms with Gasteiger partial charge in [-0.3, -0.25) is 9.59 Å². The third kappa shape index (κ3) is 2.94. The molecule has 0 unspecified atom stereocenters. The van der Waals surface area contributed by atoms with Gasteiger partial charge in [-0.15, -0.1) is 0 Å². The van der Waals surface area contributed by atoms with E-state index >= 15 is 0 Å². The molecule has 1 N–H and O–H groups in total. The molecule has 1 saturated heterocycles. The topological polar surface area (TPSA) is 49.4 Å². The summed E-state index contributed by atoms with van der Waals surface area (Å²) < 4.78 is 0.239. The van der Waals surface area contributed by atoms with E-state index in [0.29, 0.717) is 13.0 Å². The third-order valence-corrected chi connectivity index (χ3v) is 5.23. The lowest BCUT2D eigenvalue weighted by atomic mass is 10.1. The fourth-order valence-corrected chi connectivity index (χ4v) is 3.68. The number of hydrogen-bond acceptors (Lipinski definition) is 3. The average molecular weight is 256 g/mol. The van der Waals surface area contributed by atoms with Gasteiger partial charge in [-0.05, 0) is 19.1 Å². The van der Waals surface area contributed by atoms with Crippen LogP contribution in [0.15, 0.2) is 0 Å². The lowest BCUT2D eigenvalue weighted by molar-refractivity contribution is -0.130. The van der Waals surface area contributed by atoms with E-state index in [1.54, 1.807) is 0 Å². The number of carbonyl (C=O) groups is 2. The standard InChI is InChI=1S/C12H20N2O2S/c1-17-12(5-2-3-6-12)9-14-7-4-10(15)13-8-11(14)16/h2-9H2,1H3,(H,13,15). The fourth-order valence-electron chi connectivity index (χ4n) is 2.70. The maximum atomic E-state index is 11.9. The molecule has 0 spiro atoms. The van der Waals surface area contributed by atoms with Crippen molar-refractivity contribution in [2.24, 2.45) is 0 Å². The zero-order valence-corrected chi connectivity index (χ0v) is 11.1. The molecule has 0 aromatic heterocycles. The molecule has 17 heavy (non-hydrogen) atoms. The van der Waals surface area contributed by atoms with Crippen LogP contribution >= 0.6 is 11.8 Å². The molecule has 0 atom stereocenters. The van der Waals surface area contributed by atoms with Gasteiger partial charge in [0.1, 0.15) is 0 Å².